The quantitative estimate of drug-likeness (QED) is 0.160. The molecular formula is C58H54N4O. The number of hydrogen-bond donors (Lipinski definition) is 0. The topological polar surface area (TPSA) is 33.5 Å². The minimum atomic E-state index is -0.0150. The van der Waals surface area contributed by atoms with E-state index in [0.717, 1.165) is 56.2 Å². The predicted octanol–water partition coefficient (Wildman–Crippen LogP) is 15.8. The number of nitrogens with zero attached hydrogens (tertiary/aromatic N) is 4. The third-order valence-corrected chi connectivity index (χ3v) is 12.7. The molecule has 1 aliphatic rings. The molecule has 7 aromatic carbocycles. The molecule has 0 saturated carbocycles. The van der Waals surface area contributed by atoms with Gasteiger partial charge >= 0.3 is 0 Å². The van der Waals surface area contributed by atoms with Crippen LogP contribution in [0.5, 0.6) is 11.5 Å². The highest BCUT2D eigenvalue weighted by molar-refractivity contribution is 6.09. The van der Waals surface area contributed by atoms with Crippen molar-refractivity contribution in [3.63, 3.8) is 0 Å². The molecular weight excluding hydrogens is 769 g/mol. The summed E-state index contributed by atoms with van der Waals surface area (Å²) in [7, 11) is 0. The van der Waals surface area contributed by atoms with Gasteiger partial charge in [-0.25, -0.2) is 4.98 Å². The van der Waals surface area contributed by atoms with Gasteiger partial charge < -0.3 is 14.5 Å². The lowest BCUT2D eigenvalue weighted by molar-refractivity contribution is 0.483. The predicted molar refractivity (Wildman–Crippen MR) is 265 cm³/mol. The Morgan fingerprint density at radius 1 is 0.492 bits per heavy atom. The molecule has 0 unspecified atom stereocenters. The molecule has 63 heavy (non-hydrogen) atoms. The number of fused-ring (bicyclic) bond motifs is 4. The zero-order valence-electron chi connectivity index (χ0n) is 37.6. The Labute approximate surface area is 371 Å². The van der Waals surface area contributed by atoms with E-state index in [4.69, 9.17) is 9.72 Å². The first kappa shape index (κ1) is 40.0. The Balaban J connectivity index is 1.01. The zero-order valence-corrected chi connectivity index (χ0v) is 37.6. The van der Waals surface area contributed by atoms with Crippen LogP contribution in [-0.2, 0) is 10.8 Å². The van der Waals surface area contributed by atoms with Gasteiger partial charge in [-0.1, -0.05) is 139 Å². The van der Waals surface area contributed by atoms with Crippen molar-refractivity contribution in [2.24, 2.45) is 0 Å². The van der Waals surface area contributed by atoms with Gasteiger partial charge in [-0.2, -0.15) is 0 Å². The van der Waals surface area contributed by atoms with Crippen molar-refractivity contribution in [1.82, 2.24) is 9.55 Å². The summed E-state index contributed by atoms with van der Waals surface area (Å²) in [6.07, 6.45) is 2.02. The molecule has 9 aromatic rings. The van der Waals surface area contributed by atoms with E-state index >= 15 is 0 Å². The van der Waals surface area contributed by atoms with Crippen LogP contribution in [0, 0.1) is 13.8 Å². The second-order valence-electron chi connectivity index (χ2n) is 19.1. The molecule has 0 aliphatic carbocycles. The first-order valence-corrected chi connectivity index (χ1v) is 22.1. The van der Waals surface area contributed by atoms with Crippen molar-refractivity contribution in [1.29, 1.82) is 0 Å². The number of benzene rings is 7. The molecule has 5 nitrogen and oxygen atoms in total. The van der Waals surface area contributed by atoms with Crippen LogP contribution in [-0.4, -0.2) is 16.2 Å². The fourth-order valence-electron chi connectivity index (χ4n) is 9.28. The fourth-order valence-corrected chi connectivity index (χ4v) is 9.28. The van der Waals surface area contributed by atoms with E-state index in [9.17, 15) is 0 Å². The van der Waals surface area contributed by atoms with E-state index in [0.29, 0.717) is 6.67 Å². The van der Waals surface area contributed by atoms with Gasteiger partial charge in [0.2, 0.25) is 0 Å². The molecule has 5 heteroatoms. The monoisotopic (exact) mass is 822 g/mol. The summed E-state index contributed by atoms with van der Waals surface area (Å²) in [4.78, 5) is 9.95. The van der Waals surface area contributed by atoms with Gasteiger partial charge in [0.05, 0.1) is 22.4 Å². The standard InChI is InChI=1S/C58H54N4O/c1-38-36-59-56(39(2)55(38)41-25-27-43(28-26-41)57(3,4)5)62-51-22-13-12-21-49(51)50-30-29-48(35-54(50)62)63-47-20-16-19-45(34-47)60-37-61(53-24-15-14-23-52(53)60)46-32-42(40-17-10-9-11-18-40)31-44(33-46)58(6,7)8/h9-36H,37H2,1-8H3. The van der Waals surface area contributed by atoms with Crippen LogP contribution in [0.15, 0.2) is 170 Å². The zero-order chi connectivity index (χ0) is 43.6. The van der Waals surface area contributed by atoms with Crippen LogP contribution in [0.1, 0.15) is 63.8 Å². The van der Waals surface area contributed by atoms with E-state index in [1.165, 1.54) is 50.1 Å². The second kappa shape index (κ2) is 15.4. The average molecular weight is 823 g/mol. The molecule has 0 amide bonds. The first-order valence-electron chi connectivity index (χ1n) is 22.1. The molecule has 0 fully saturated rings. The van der Waals surface area contributed by atoms with Gasteiger partial charge in [0.15, 0.2) is 0 Å². The number of para-hydroxylation sites is 3. The molecule has 1 aliphatic heterocycles. The number of ether oxygens (including phenoxy) is 1. The van der Waals surface area contributed by atoms with Crippen molar-refractivity contribution < 1.29 is 4.74 Å². The lowest BCUT2D eigenvalue weighted by atomic mass is 9.85. The van der Waals surface area contributed by atoms with E-state index in [1.54, 1.807) is 0 Å². The lowest BCUT2D eigenvalue weighted by Crippen LogP contribution is -2.24. The van der Waals surface area contributed by atoms with Crippen molar-refractivity contribution in [3.8, 4) is 39.6 Å². The molecule has 0 bridgehead atoms. The summed E-state index contributed by atoms with van der Waals surface area (Å²) in [6.45, 7) is 18.7. The molecule has 0 radical (unpaired) electrons. The fraction of sp³-hybridized carbons (Fsp3) is 0.190. The van der Waals surface area contributed by atoms with Crippen LogP contribution in [0.2, 0.25) is 0 Å². The van der Waals surface area contributed by atoms with Crippen molar-refractivity contribution in [3.05, 3.63) is 192 Å². The molecule has 0 spiro atoms. The number of rotatable bonds is 7. The lowest BCUT2D eigenvalue weighted by Gasteiger charge is -2.26. The van der Waals surface area contributed by atoms with Gasteiger partial charge in [-0.15, -0.1) is 0 Å². The normalized spacial score (nSPS) is 13.0. The SMILES string of the molecule is Cc1cnc(-n2c3ccccc3c3ccc(Oc4cccc(N5CN(c6cc(-c7ccccc7)cc(C(C)(C)C)c6)c6ccccc65)c4)cc32)c(C)c1-c1ccc(C(C)(C)C)cc1. The minimum absolute atomic E-state index is 0.0150. The summed E-state index contributed by atoms with van der Waals surface area (Å²) in [5.41, 5.74) is 16.6. The van der Waals surface area contributed by atoms with Crippen LogP contribution in [0.3, 0.4) is 0 Å². The number of anilines is 4. The molecule has 0 saturated heterocycles. The number of aromatic nitrogens is 2. The Morgan fingerprint density at radius 2 is 1.14 bits per heavy atom. The summed E-state index contributed by atoms with van der Waals surface area (Å²) in [5, 5.41) is 2.34. The third-order valence-electron chi connectivity index (χ3n) is 12.7. The van der Waals surface area contributed by atoms with Gasteiger partial charge in [0.1, 0.15) is 24.0 Å². The van der Waals surface area contributed by atoms with Crippen molar-refractivity contribution >= 4 is 44.6 Å². The second-order valence-corrected chi connectivity index (χ2v) is 19.1. The van der Waals surface area contributed by atoms with Crippen LogP contribution < -0.4 is 14.5 Å². The van der Waals surface area contributed by atoms with Gasteiger partial charge in [-0.05, 0) is 118 Å². The number of hydrogen-bond acceptors (Lipinski definition) is 4. The maximum absolute atomic E-state index is 6.80. The summed E-state index contributed by atoms with van der Waals surface area (Å²) in [6, 6.07) is 59.0. The van der Waals surface area contributed by atoms with Crippen molar-refractivity contribution in [2.75, 3.05) is 16.5 Å². The molecule has 312 valence electrons. The number of aryl methyl sites for hydroxylation is 1. The Bertz CT molecular complexity index is 3170. The minimum Gasteiger partial charge on any atom is -0.457 e. The van der Waals surface area contributed by atoms with Crippen LogP contribution in [0.25, 0.3) is 49.9 Å². The highest BCUT2D eigenvalue weighted by atomic mass is 16.5. The van der Waals surface area contributed by atoms with Crippen molar-refractivity contribution in [2.45, 2.75) is 66.2 Å². The summed E-state index contributed by atoms with van der Waals surface area (Å²) in [5.74, 6) is 2.46. The highest BCUT2D eigenvalue weighted by Gasteiger charge is 2.30. The van der Waals surface area contributed by atoms with Crippen LogP contribution in [0.4, 0.5) is 22.7 Å². The third kappa shape index (κ3) is 7.31. The van der Waals surface area contributed by atoms with E-state index in [1.807, 2.05) is 12.3 Å². The van der Waals surface area contributed by atoms with Gasteiger partial charge in [0.25, 0.3) is 0 Å². The van der Waals surface area contributed by atoms with Gasteiger partial charge in [-0.3, -0.25) is 4.57 Å². The average Bonchev–Trinajstić information content (AvgIpc) is 3.83. The maximum atomic E-state index is 6.80. The first-order chi connectivity index (χ1) is 30.3. The Hall–Kier alpha value is -7.11. The van der Waals surface area contributed by atoms with E-state index < -0.39 is 0 Å². The molecule has 0 atom stereocenters. The Kier molecular flexibility index (Phi) is 9.75. The largest absolute Gasteiger partial charge is 0.457 e. The number of pyridine rings is 1. The van der Waals surface area contributed by atoms with Gasteiger partial charge in [0, 0.05) is 46.0 Å². The summed E-state index contributed by atoms with van der Waals surface area (Å²) >= 11 is 0. The van der Waals surface area contributed by atoms with E-state index in [2.05, 4.69) is 227 Å². The van der Waals surface area contributed by atoms with E-state index in [-0.39, 0.29) is 10.8 Å². The highest BCUT2D eigenvalue weighted by Crippen LogP contribution is 2.47. The smallest absolute Gasteiger partial charge is 0.141 e. The maximum Gasteiger partial charge on any atom is 0.141 e. The molecule has 3 heterocycles. The molecule has 10 rings (SSSR count). The molecule has 0 N–H and O–H groups in total. The van der Waals surface area contributed by atoms with Crippen LogP contribution >= 0.6 is 0 Å². The Morgan fingerprint density at radius 3 is 1.87 bits per heavy atom. The molecule has 2 aromatic heterocycles. The summed E-state index contributed by atoms with van der Waals surface area (Å²) < 4.78 is 9.11.